The van der Waals surface area contributed by atoms with Crippen LogP contribution in [0.1, 0.15) is 62.3 Å². The number of hydrogen-bond acceptors (Lipinski definition) is 4. The maximum absolute atomic E-state index is 12.6. The molecule has 1 aliphatic rings. The minimum atomic E-state index is -0.0426. The summed E-state index contributed by atoms with van der Waals surface area (Å²) in [5, 5.41) is 4.18. The fourth-order valence-electron chi connectivity index (χ4n) is 4.06. The first-order chi connectivity index (χ1) is 16.8. The van der Waals surface area contributed by atoms with Crippen molar-refractivity contribution in [2.24, 2.45) is 11.0 Å². The lowest BCUT2D eigenvalue weighted by Crippen LogP contribution is -2.20. The number of carbonyl (C=O) groups excluding carboxylic acids is 1. The predicted molar refractivity (Wildman–Crippen MR) is 140 cm³/mol. The number of ether oxygens (including phenoxy) is 2. The summed E-state index contributed by atoms with van der Waals surface area (Å²) in [7, 11) is 0. The molecule has 0 radical (unpaired) electrons. The average Bonchev–Trinajstić information content (AvgIpc) is 3.65. The highest BCUT2D eigenvalue weighted by Gasteiger charge is 2.44. The Morgan fingerprint density at radius 3 is 2.43 bits per heavy atom. The number of amides is 1. The summed E-state index contributed by atoms with van der Waals surface area (Å²) >= 11 is 0. The Bertz CT molecular complexity index is 1160. The van der Waals surface area contributed by atoms with Crippen LogP contribution < -0.4 is 14.9 Å². The van der Waals surface area contributed by atoms with Crippen LogP contribution in [0.2, 0.25) is 0 Å². The molecule has 182 valence electrons. The lowest BCUT2D eigenvalue weighted by atomic mass is 9.86. The molecule has 0 unspecified atom stereocenters. The Kier molecular flexibility index (Phi) is 7.54. The van der Waals surface area contributed by atoms with Crippen LogP contribution in [0.4, 0.5) is 0 Å². The van der Waals surface area contributed by atoms with Gasteiger partial charge in [-0.05, 0) is 65.1 Å². The van der Waals surface area contributed by atoms with E-state index < -0.39 is 0 Å². The number of rotatable bonds is 9. The molecule has 2 atom stereocenters. The maximum atomic E-state index is 12.6. The number of hydrogen-bond donors (Lipinski definition) is 1. The van der Waals surface area contributed by atoms with Crippen molar-refractivity contribution >= 4 is 12.1 Å². The highest BCUT2D eigenvalue weighted by atomic mass is 16.5. The van der Waals surface area contributed by atoms with Crippen molar-refractivity contribution in [2.45, 2.75) is 52.1 Å². The van der Waals surface area contributed by atoms with Crippen LogP contribution in [-0.2, 0) is 16.8 Å². The monoisotopic (exact) mass is 470 g/mol. The molecule has 3 aromatic carbocycles. The fourth-order valence-corrected chi connectivity index (χ4v) is 4.06. The van der Waals surface area contributed by atoms with Gasteiger partial charge in [-0.15, -0.1) is 0 Å². The van der Waals surface area contributed by atoms with Crippen molar-refractivity contribution in [1.29, 1.82) is 0 Å². The second-order valence-electron chi connectivity index (χ2n) is 9.97. The molecule has 0 heterocycles. The predicted octanol–water partition coefficient (Wildman–Crippen LogP) is 6.22. The summed E-state index contributed by atoms with van der Waals surface area (Å²) in [6, 6.07) is 24.3. The van der Waals surface area contributed by atoms with E-state index in [0.717, 1.165) is 17.5 Å². The molecule has 1 fully saturated rings. The van der Waals surface area contributed by atoms with Crippen molar-refractivity contribution in [3.8, 4) is 11.5 Å². The SMILES string of the molecule is CCOc1cc(/C=N/NC(=O)[C@@H]2C[C@H]2c2ccc(C(C)(C)C)cc2)ccc1OCc1ccccc1. The minimum Gasteiger partial charge on any atom is -0.490 e. The van der Waals surface area contributed by atoms with Crippen LogP contribution in [0.25, 0.3) is 0 Å². The van der Waals surface area contributed by atoms with E-state index in [1.54, 1.807) is 6.21 Å². The van der Waals surface area contributed by atoms with E-state index in [2.05, 4.69) is 55.6 Å². The lowest BCUT2D eigenvalue weighted by molar-refractivity contribution is -0.122. The van der Waals surface area contributed by atoms with Crippen LogP contribution in [0, 0.1) is 5.92 Å². The molecule has 1 aliphatic carbocycles. The van der Waals surface area contributed by atoms with E-state index in [1.807, 2.05) is 55.5 Å². The Balaban J connectivity index is 1.32. The fraction of sp³-hybridized carbons (Fsp3) is 0.333. The van der Waals surface area contributed by atoms with Crippen molar-refractivity contribution in [3.63, 3.8) is 0 Å². The van der Waals surface area contributed by atoms with E-state index in [1.165, 1.54) is 11.1 Å². The number of nitrogens with zero attached hydrogens (tertiary/aromatic N) is 1. The van der Waals surface area contributed by atoms with Crippen molar-refractivity contribution in [3.05, 3.63) is 95.1 Å². The van der Waals surface area contributed by atoms with Crippen LogP contribution in [-0.4, -0.2) is 18.7 Å². The maximum Gasteiger partial charge on any atom is 0.243 e. The van der Waals surface area contributed by atoms with E-state index in [9.17, 15) is 4.79 Å². The minimum absolute atomic E-state index is 0.0274. The zero-order chi connectivity index (χ0) is 24.8. The normalized spacial score (nSPS) is 17.3. The van der Waals surface area contributed by atoms with Gasteiger partial charge in [-0.25, -0.2) is 5.43 Å². The molecule has 5 heteroatoms. The van der Waals surface area contributed by atoms with Crippen LogP contribution in [0.3, 0.4) is 0 Å². The molecule has 35 heavy (non-hydrogen) atoms. The lowest BCUT2D eigenvalue weighted by Gasteiger charge is -2.19. The molecule has 5 nitrogen and oxygen atoms in total. The quantitative estimate of drug-likeness (QED) is 0.298. The summed E-state index contributed by atoms with van der Waals surface area (Å²) in [5.74, 6) is 1.53. The Morgan fingerprint density at radius 1 is 1.00 bits per heavy atom. The van der Waals surface area contributed by atoms with E-state index in [4.69, 9.17) is 9.47 Å². The van der Waals surface area contributed by atoms with Gasteiger partial charge in [0.05, 0.1) is 12.8 Å². The molecule has 0 aromatic heterocycles. The highest BCUT2D eigenvalue weighted by molar-refractivity contribution is 5.86. The first-order valence-electron chi connectivity index (χ1n) is 12.2. The van der Waals surface area contributed by atoms with Crippen molar-refractivity contribution in [2.75, 3.05) is 6.61 Å². The molecule has 0 aliphatic heterocycles. The molecule has 4 rings (SSSR count). The Hall–Kier alpha value is -3.60. The highest BCUT2D eigenvalue weighted by Crippen LogP contribution is 2.47. The standard InChI is InChI=1S/C30H34N2O3/c1-5-34-28-17-22(11-16-27(28)35-20-21-9-7-6-8-10-21)19-31-32-29(33)26-18-25(26)23-12-14-24(15-13-23)30(2,3)4/h6-17,19,25-26H,5,18,20H2,1-4H3,(H,32,33)/b31-19+/t25-,26+/m0/s1. The smallest absolute Gasteiger partial charge is 0.243 e. The first kappa shape index (κ1) is 24.5. The number of hydrazone groups is 1. The van der Waals surface area contributed by atoms with Crippen LogP contribution >= 0.6 is 0 Å². The molecule has 1 N–H and O–H groups in total. The zero-order valence-corrected chi connectivity index (χ0v) is 21.0. The second-order valence-corrected chi connectivity index (χ2v) is 9.97. The van der Waals surface area contributed by atoms with Crippen molar-refractivity contribution < 1.29 is 14.3 Å². The summed E-state index contributed by atoms with van der Waals surface area (Å²) < 4.78 is 11.7. The van der Waals surface area contributed by atoms with E-state index in [-0.39, 0.29) is 23.2 Å². The molecular weight excluding hydrogens is 436 g/mol. The number of nitrogens with one attached hydrogen (secondary N) is 1. The third-order valence-corrected chi connectivity index (χ3v) is 6.23. The van der Waals surface area contributed by atoms with Crippen molar-refractivity contribution in [1.82, 2.24) is 5.43 Å². The number of carbonyl (C=O) groups is 1. The zero-order valence-electron chi connectivity index (χ0n) is 21.0. The molecule has 0 bridgehead atoms. The van der Waals surface area contributed by atoms with Gasteiger partial charge in [-0.2, -0.15) is 5.10 Å². The molecule has 1 amide bonds. The Morgan fingerprint density at radius 2 is 1.74 bits per heavy atom. The van der Waals surface area contributed by atoms with Gasteiger partial charge in [0.1, 0.15) is 6.61 Å². The summed E-state index contributed by atoms with van der Waals surface area (Å²) in [5.41, 5.74) is 7.26. The van der Waals surface area contributed by atoms with Gasteiger partial charge >= 0.3 is 0 Å². The van der Waals surface area contributed by atoms with Gasteiger partial charge in [0.15, 0.2) is 11.5 Å². The summed E-state index contributed by atoms with van der Waals surface area (Å²) in [4.78, 5) is 12.6. The van der Waals surface area contributed by atoms with Crippen LogP contribution in [0.15, 0.2) is 77.9 Å². The van der Waals surface area contributed by atoms with Gasteiger partial charge in [0, 0.05) is 5.92 Å². The van der Waals surface area contributed by atoms with Crippen LogP contribution in [0.5, 0.6) is 11.5 Å². The summed E-state index contributed by atoms with van der Waals surface area (Å²) in [6.07, 6.45) is 2.50. The first-order valence-corrected chi connectivity index (χ1v) is 12.2. The Labute approximate surface area is 208 Å². The number of benzene rings is 3. The van der Waals surface area contributed by atoms with Gasteiger partial charge in [0.2, 0.25) is 5.91 Å². The second kappa shape index (κ2) is 10.8. The molecule has 3 aromatic rings. The third kappa shape index (κ3) is 6.50. The van der Waals surface area contributed by atoms with E-state index in [0.29, 0.717) is 24.7 Å². The topological polar surface area (TPSA) is 59.9 Å². The largest absolute Gasteiger partial charge is 0.490 e. The van der Waals surface area contributed by atoms with Gasteiger partial charge in [-0.3, -0.25) is 4.79 Å². The summed E-state index contributed by atoms with van der Waals surface area (Å²) in [6.45, 7) is 9.54. The van der Waals surface area contributed by atoms with Gasteiger partial charge in [0.25, 0.3) is 0 Å². The average molecular weight is 471 g/mol. The molecular formula is C30H34N2O3. The molecule has 1 saturated carbocycles. The van der Waals surface area contributed by atoms with E-state index >= 15 is 0 Å². The van der Waals surface area contributed by atoms with Gasteiger partial charge in [-0.1, -0.05) is 75.4 Å². The van der Waals surface area contributed by atoms with Gasteiger partial charge < -0.3 is 9.47 Å². The molecule has 0 saturated heterocycles. The molecule has 0 spiro atoms. The third-order valence-electron chi connectivity index (χ3n) is 6.23.